The number of hydrogen-bond acceptors (Lipinski definition) is 7. The Bertz CT molecular complexity index is 1120. The number of amides is 1. The Morgan fingerprint density at radius 1 is 1.19 bits per heavy atom. The lowest BCUT2D eigenvalue weighted by Crippen LogP contribution is -2.39. The molecule has 0 radical (unpaired) electrons. The Labute approximate surface area is 197 Å². The van der Waals surface area contributed by atoms with E-state index in [1.807, 2.05) is 6.08 Å². The van der Waals surface area contributed by atoms with Gasteiger partial charge in [0.05, 0.1) is 22.5 Å². The van der Waals surface area contributed by atoms with Gasteiger partial charge in [0.1, 0.15) is 10.1 Å². The van der Waals surface area contributed by atoms with Crippen molar-refractivity contribution in [2.45, 2.75) is 31.7 Å². The average Bonchev–Trinajstić information content (AvgIpc) is 3.26. The third kappa shape index (κ3) is 5.57. The van der Waals surface area contributed by atoms with Crippen molar-refractivity contribution in [2.24, 2.45) is 5.92 Å². The van der Waals surface area contributed by atoms with E-state index >= 15 is 0 Å². The molecule has 4 rings (SSSR count). The fourth-order valence-corrected chi connectivity index (χ4v) is 7.01. The highest BCUT2D eigenvalue weighted by Crippen LogP contribution is 2.36. The third-order valence-electron chi connectivity index (χ3n) is 5.61. The van der Waals surface area contributed by atoms with Gasteiger partial charge in [-0.2, -0.15) is 0 Å². The van der Waals surface area contributed by atoms with Gasteiger partial charge in [0.25, 0.3) is 5.91 Å². The first-order valence-electron chi connectivity index (χ1n) is 10.4. The van der Waals surface area contributed by atoms with Crippen LogP contribution >= 0.6 is 24.0 Å². The van der Waals surface area contributed by atoms with Gasteiger partial charge in [-0.05, 0) is 55.4 Å². The molecule has 0 spiro atoms. The van der Waals surface area contributed by atoms with Gasteiger partial charge >= 0.3 is 5.97 Å². The normalized spacial score (nSPS) is 26.4. The maximum Gasteiger partial charge on any atom is 0.335 e. The highest BCUT2D eigenvalue weighted by molar-refractivity contribution is 8.26. The summed E-state index contributed by atoms with van der Waals surface area (Å²) in [5.74, 6) is 0.154. The van der Waals surface area contributed by atoms with E-state index in [-0.39, 0.29) is 17.4 Å². The zero-order valence-corrected chi connectivity index (χ0v) is 19.8. The minimum absolute atomic E-state index is 0.0430. The lowest BCUT2D eigenvalue weighted by atomic mass is 9.94. The molecule has 2 saturated heterocycles. The summed E-state index contributed by atoms with van der Waals surface area (Å²) in [5.41, 5.74) is 0.758. The standard InChI is InChI=1S/C23H23NO5S3/c25-21(11-8-16-4-2-1-3-5-16)29-19-9-6-17(7-10-19)14-20-22(26)24(23(30)31-20)18-12-13-32(27,28)15-18/h1-2,6-11,14,16,18H,3-5,12-13,15H2/b11-8+,20-14+. The minimum Gasteiger partial charge on any atom is -0.423 e. The Hall–Kier alpha value is -2.23. The predicted octanol–water partition coefficient (Wildman–Crippen LogP) is 3.89. The Morgan fingerprint density at radius 3 is 2.62 bits per heavy atom. The summed E-state index contributed by atoms with van der Waals surface area (Å²) >= 11 is 6.50. The molecule has 1 aliphatic carbocycles. The summed E-state index contributed by atoms with van der Waals surface area (Å²) in [5, 5.41) is 0. The zero-order valence-electron chi connectivity index (χ0n) is 17.3. The summed E-state index contributed by atoms with van der Waals surface area (Å²) < 4.78 is 29.3. The van der Waals surface area contributed by atoms with Crippen LogP contribution in [0.3, 0.4) is 0 Å². The van der Waals surface area contributed by atoms with Gasteiger partial charge in [-0.1, -0.05) is 54.3 Å². The molecule has 2 unspecified atom stereocenters. The SMILES string of the molecule is O=C(/C=C/C1CC=CCC1)Oc1ccc(/C=C2/SC(=S)N(C3CCS(=O)(=O)C3)C2=O)cc1. The Morgan fingerprint density at radius 2 is 1.97 bits per heavy atom. The van der Waals surface area contributed by atoms with Crippen LogP contribution in [-0.2, 0) is 19.4 Å². The average molecular weight is 490 g/mol. The summed E-state index contributed by atoms with van der Waals surface area (Å²) in [6.07, 6.45) is 12.8. The number of allylic oxidation sites excluding steroid dienone is 3. The van der Waals surface area contributed by atoms with E-state index in [1.165, 1.54) is 22.7 Å². The Kier molecular flexibility index (Phi) is 6.97. The largest absolute Gasteiger partial charge is 0.423 e. The number of thioether (sulfide) groups is 1. The van der Waals surface area contributed by atoms with Crippen molar-refractivity contribution in [1.82, 2.24) is 4.90 Å². The first-order chi connectivity index (χ1) is 15.3. The van der Waals surface area contributed by atoms with Gasteiger partial charge in [0, 0.05) is 6.08 Å². The van der Waals surface area contributed by atoms with Gasteiger partial charge in [-0.3, -0.25) is 9.69 Å². The van der Waals surface area contributed by atoms with E-state index < -0.39 is 21.8 Å². The molecule has 0 bridgehead atoms. The number of thiocarbonyl (C=S) groups is 1. The number of rotatable bonds is 5. The van der Waals surface area contributed by atoms with E-state index in [4.69, 9.17) is 17.0 Å². The van der Waals surface area contributed by atoms with Crippen LogP contribution in [0.15, 0.2) is 53.5 Å². The van der Waals surface area contributed by atoms with Crippen LogP contribution in [0.4, 0.5) is 0 Å². The molecule has 2 aliphatic heterocycles. The molecule has 2 heterocycles. The van der Waals surface area contributed by atoms with Crippen molar-refractivity contribution in [3.8, 4) is 5.75 Å². The maximum absolute atomic E-state index is 12.8. The maximum atomic E-state index is 12.8. The second-order valence-corrected chi connectivity index (χ2v) is 11.9. The molecule has 0 N–H and O–H groups in total. The molecule has 9 heteroatoms. The fourth-order valence-electron chi connectivity index (χ4n) is 3.91. The summed E-state index contributed by atoms with van der Waals surface area (Å²) in [7, 11) is -3.11. The molecule has 1 aromatic rings. The summed E-state index contributed by atoms with van der Waals surface area (Å²) in [6, 6.07) is 6.46. The van der Waals surface area contributed by atoms with Crippen LogP contribution in [0.5, 0.6) is 5.75 Å². The van der Waals surface area contributed by atoms with E-state index in [0.29, 0.717) is 27.3 Å². The topological polar surface area (TPSA) is 80.8 Å². The molecular weight excluding hydrogens is 466 g/mol. The van der Waals surface area contributed by atoms with Crippen molar-refractivity contribution in [2.75, 3.05) is 11.5 Å². The van der Waals surface area contributed by atoms with Crippen molar-refractivity contribution in [3.05, 3.63) is 59.0 Å². The monoisotopic (exact) mass is 489 g/mol. The summed E-state index contributed by atoms with van der Waals surface area (Å²) in [4.78, 5) is 26.7. The first-order valence-corrected chi connectivity index (χ1v) is 13.5. The first kappa shape index (κ1) is 22.9. The molecule has 0 saturated carbocycles. The van der Waals surface area contributed by atoms with Crippen LogP contribution in [0.25, 0.3) is 6.08 Å². The third-order valence-corrected chi connectivity index (χ3v) is 8.69. The van der Waals surface area contributed by atoms with Gasteiger partial charge < -0.3 is 4.74 Å². The van der Waals surface area contributed by atoms with Crippen LogP contribution in [0.1, 0.15) is 31.2 Å². The molecule has 32 heavy (non-hydrogen) atoms. The molecule has 2 atom stereocenters. The second-order valence-electron chi connectivity index (χ2n) is 8.00. The summed E-state index contributed by atoms with van der Waals surface area (Å²) in [6.45, 7) is 0. The highest BCUT2D eigenvalue weighted by Gasteiger charge is 2.42. The molecular formula is C23H23NO5S3. The highest BCUT2D eigenvalue weighted by atomic mass is 32.2. The van der Waals surface area contributed by atoms with E-state index in [9.17, 15) is 18.0 Å². The molecule has 1 aromatic carbocycles. The predicted molar refractivity (Wildman–Crippen MR) is 130 cm³/mol. The van der Waals surface area contributed by atoms with E-state index in [1.54, 1.807) is 30.3 Å². The van der Waals surface area contributed by atoms with Gasteiger partial charge in [0.15, 0.2) is 9.84 Å². The van der Waals surface area contributed by atoms with Crippen LogP contribution < -0.4 is 4.74 Å². The number of ether oxygens (including phenoxy) is 1. The van der Waals surface area contributed by atoms with Crippen molar-refractivity contribution >= 4 is 56.1 Å². The number of carbonyl (C=O) groups is 2. The van der Waals surface area contributed by atoms with E-state index in [2.05, 4.69) is 12.2 Å². The number of nitrogens with zero attached hydrogens (tertiary/aromatic N) is 1. The molecule has 3 aliphatic rings. The van der Waals surface area contributed by atoms with Gasteiger partial charge in [-0.15, -0.1) is 0 Å². The van der Waals surface area contributed by atoms with Crippen LogP contribution in [0.2, 0.25) is 0 Å². The quantitative estimate of drug-likeness (QED) is 0.204. The molecule has 2 fully saturated rings. The molecule has 6 nitrogen and oxygen atoms in total. The lowest BCUT2D eigenvalue weighted by Gasteiger charge is -2.20. The number of esters is 1. The fraction of sp³-hybridized carbons (Fsp3) is 0.348. The number of benzene rings is 1. The number of sulfone groups is 1. The molecule has 168 valence electrons. The van der Waals surface area contributed by atoms with E-state index in [0.717, 1.165) is 24.8 Å². The van der Waals surface area contributed by atoms with Gasteiger partial charge in [-0.25, -0.2) is 13.2 Å². The second kappa shape index (κ2) is 9.72. The Balaban J connectivity index is 1.37. The minimum atomic E-state index is -3.11. The smallest absolute Gasteiger partial charge is 0.335 e. The van der Waals surface area contributed by atoms with Crippen molar-refractivity contribution in [3.63, 3.8) is 0 Å². The van der Waals surface area contributed by atoms with Crippen LogP contribution in [-0.4, -0.2) is 47.1 Å². The molecule has 1 amide bonds. The van der Waals surface area contributed by atoms with Crippen LogP contribution in [0, 0.1) is 5.92 Å². The number of carbonyl (C=O) groups excluding carboxylic acids is 2. The molecule has 0 aromatic heterocycles. The lowest BCUT2D eigenvalue weighted by molar-refractivity contribution is -0.129. The van der Waals surface area contributed by atoms with Crippen molar-refractivity contribution in [1.29, 1.82) is 0 Å². The van der Waals surface area contributed by atoms with Gasteiger partial charge in [0.2, 0.25) is 0 Å². The number of hydrogen-bond donors (Lipinski definition) is 0. The zero-order chi connectivity index (χ0) is 22.7. The van der Waals surface area contributed by atoms with Crippen molar-refractivity contribution < 1.29 is 22.7 Å².